The number of ether oxygens (including phenoxy) is 1. The first-order chi connectivity index (χ1) is 16.6. The van der Waals surface area contributed by atoms with Crippen molar-refractivity contribution >= 4 is 17.1 Å². The number of aromatic hydroxyl groups is 3. The summed E-state index contributed by atoms with van der Waals surface area (Å²) in [6.45, 7) is 11.4. The maximum atomic E-state index is 11.1. The Balaban J connectivity index is 2.01. The molecule has 0 unspecified atom stereocenters. The van der Waals surface area contributed by atoms with Crippen LogP contribution in [0.3, 0.4) is 0 Å². The van der Waals surface area contributed by atoms with Gasteiger partial charge >= 0.3 is 0 Å². The van der Waals surface area contributed by atoms with Crippen molar-refractivity contribution in [2.45, 2.75) is 41.5 Å². The largest absolute Gasteiger partial charge is 0.506 e. The van der Waals surface area contributed by atoms with Crippen LogP contribution in [0, 0.1) is 41.5 Å². The number of nitrogens with zero attached hydrogens (tertiary/aromatic N) is 1. The van der Waals surface area contributed by atoms with Crippen LogP contribution in [0.4, 0.5) is 17.1 Å². The smallest absolute Gasteiger partial charge is 0.172 e. The van der Waals surface area contributed by atoms with Crippen LogP contribution in [0.25, 0.3) is 0 Å². The summed E-state index contributed by atoms with van der Waals surface area (Å²) in [7, 11) is 0. The van der Waals surface area contributed by atoms with E-state index in [-0.39, 0.29) is 17.2 Å². The Hall–Kier alpha value is -4.12. The quantitative estimate of drug-likeness (QED) is 0.277. The Morgan fingerprint density at radius 1 is 0.600 bits per heavy atom. The Labute approximate surface area is 206 Å². The fraction of sp³-hybridized carbons (Fsp3) is 0.200. The normalized spacial score (nSPS) is 10.9. The van der Waals surface area contributed by atoms with Crippen molar-refractivity contribution in [2.24, 2.45) is 0 Å². The number of rotatable bonds is 5. The number of para-hydroxylation sites is 2. The molecular weight excluding hydrogens is 438 g/mol. The molecule has 0 aliphatic rings. The minimum Gasteiger partial charge on any atom is -0.506 e. The maximum Gasteiger partial charge on any atom is 0.172 e. The van der Waals surface area contributed by atoms with E-state index in [4.69, 9.17) is 4.74 Å². The number of hydrogen-bond acceptors (Lipinski definition) is 5. The summed E-state index contributed by atoms with van der Waals surface area (Å²) in [5.74, 6) is 1.09. The highest BCUT2D eigenvalue weighted by Crippen LogP contribution is 2.51. The lowest BCUT2D eigenvalue weighted by Crippen LogP contribution is -2.14. The van der Waals surface area contributed by atoms with Crippen LogP contribution in [0.2, 0.25) is 0 Å². The number of anilines is 3. The summed E-state index contributed by atoms with van der Waals surface area (Å²) in [4.78, 5) is 1.83. The number of benzene rings is 4. The van der Waals surface area contributed by atoms with Crippen LogP contribution < -0.4 is 9.64 Å². The van der Waals surface area contributed by atoms with E-state index in [0.29, 0.717) is 34.1 Å². The molecule has 4 aromatic carbocycles. The molecule has 0 atom stereocenters. The van der Waals surface area contributed by atoms with Gasteiger partial charge in [0.2, 0.25) is 0 Å². The van der Waals surface area contributed by atoms with Gasteiger partial charge in [-0.05, 0) is 99.2 Å². The van der Waals surface area contributed by atoms with E-state index in [2.05, 4.69) is 0 Å². The van der Waals surface area contributed by atoms with Gasteiger partial charge in [-0.25, -0.2) is 0 Å². The highest BCUT2D eigenvalue weighted by atomic mass is 16.5. The Kier molecular flexibility index (Phi) is 6.35. The van der Waals surface area contributed by atoms with E-state index < -0.39 is 0 Å². The van der Waals surface area contributed by atoms with Crippen molar-refractivity contribution in [3.8, 4) is 28.7 Å². The summed E-state index contributed by atoms with van der Waals surface area (Å²) < 4.78 is 6.33. The van der Waals surface area contributed by atoms with Crippen molar-refractivity contribution in [3.05, 3.63) is 94.0 Å². The number of phenols is 3. The molecule has 0 aliphatic carbocycles. The topological polar surface area (TPSA) is 73.2 Å². The molecule has 0 aromatic heterocycles. The third-order valence-corrected chi connectivity index (χ3v) is 6.14. The summed E-state index contributed by atoms with van der Waals surface area (Å²) in [5.41, 5.74) is 6.72. The van der Waals surface area contributed by atoms with Crippen molar-refractivity contribution in [1.82, 2.24) is 0 Å². The molecule has 4 rings (SSSR count). The number of phenolic OH excluding ortho intramolecular Hbond substituents is 3. The van der Waals surface area contributed by atoms with Crippen LogP contribution in [-0.2, 0) is 0 Å². The van der Waals surface area contributed by atoms with Gasteiger partial charge < -0.3 is 20.1 Å². The molecular formula is C30H31NO4. The third kappa shape index (κ3) is 4.50. The second-order valence-corrected chi connectivity index (χ2v) is 9.18. The highest BCUT2D eigenvalue weighted by Gasteiger charge is 2.26. The number of aryl methyl sites for hydroxylation is 6. The first-order valence-electron chi connectivity index (χ1n) is 11.5. The zero-order valence-corrected chi connectivity index (χ0v) is 21.0. The lowest BCUT2D eigenvalue weighted by Gasteiger charge is -2.31. The van der Waals surface area contributed by atoms with Gasteiger partial charge in [-0.1, -0.05) is 36.4 Å². The maximum absolute atomic E-state index is 11.1. The minimum atomic E-state index is 0.0788. The second-order valence-electron chi connectivity index (χ2n) is 9.18. The molecule has 0 saturated heterocycles. The predicted octanol–water partition coefficient (Wildman–Crippen LogP) is 7.92. The molecule has 0 saturated carbocycles. The first-order valence-corrected chi connectivity index (χ1v) is 11.5. The molecule has 0 amide bonds. The van der Waals surface area contributed by atoms with E-state index in [1.807, 2.05) is 95.0 Å². The lowest BCUT2D eigenvalue weighted by molar-refractivity contribution is 0.406. The zero-order chi connectivity index (χ0) is 25.4. The van der Waals surface area contributed by atoms with Gasteiger partial charge in [0, 0.05) is 0 Å². The Morgan fingerprint density at radius 3 is 1.66 bits per heavy atom. The summed E-state index contributed by atoms with van der Waals surface area (Å²) in [6, 6.07) is 18.5. The van der Waals surface area contributed by atoms with E-state index in [9.17, 15) is 15.3 Å². The fourth-order valence-electron chi connectivity index (χ4n) is 4.55. The third-order valence-electron chi connectivity index (χ3n) is 6.14. The molecule has 0 radical (unpaired) electrons. The summed E-state index contributed by atoms with van der Waals surface area (Å²) in [6.07, 6.45) is 0. The van der Waals surface area contributed by atoms with E-state index >= 15 is 0 Å². The lowest BCUT2D eigenvalue weighted by atomic mass is 10.0. The van der Waals surface area contributed by atoms with Crippen molar-refractivity contribution in [2.75, 3.05) is 4.90 Å². The first kappa shape index (κ1) is 24.0. The molecule has 0 spiro atoms. The van der Waals surface area contributed by atoms with Gasteiger partial charge in [0.25, 0.3) is 0 Å². The second kappa shape index (κ2) is 9.26. The molecule has 0 fully saturated rings. The van der Waals surface area contributed by atoms with Crippen LogP contribution in [-0.4, -0.2) is 15.3 Å². The van der Waals surface area contributed by atoms with Gasteiger partial charge in [-0.2, -0.15) is 0 Å². The van der Waals surface area contributed by atoms with Gasteiger partial charge in [0.1, 0.15) is 11.5 Å². The molecule has 180 valence electrons. The highest BCUT2D eigenvalue weighted by molar-refractivity contribution is 5.88. The van der Waals surface area contributed by atoms with Gasteiger partial charge in [0.15, 0.2) is 17.2 Å². The van der Waals surface area contributed by atoms with Crippen molar-refractivity contribution in [3.63, 3.8) is 0 Å². The minimum absolute atomic E-state index is 0.0788. The van der Waals surface area contributed by atoms with Gasteiger partial charge in [-0.3, -0.25) is 4.90 Å². The van der Waals surface area contributed by atoms with E-state index in [1.165, 1.54) is 0 Å². The summed E-state index contributed by atoms with van der Waals surface area (Å²) >= 11 is 0. The molecule has 0 aliphatic heterocycles. The molecule has 0 heterocycles. The average Bonchev–Trinajstić information content (AvgIpc) is 2.77. The predicted molar refractivity (Wildman–Crippen MR) is 141 cm³/mol. The molecule has 4 aromatic rings. The van der Waals surface area contributed by atoms with Crippen LogP contribution in [0.5, 0.6) is 28.7 Å². The van der Waals surface area contributed by atoms with Crippen molar-refractivity contribution < 1.29 is 20.1 Å². The van der Waals surface area contributed by atoms with Crippen molar-refractivity contribution in [1.29, 1.82) is 0 Å². The molecule has 5 heteroatoms. The van der Waals surface area contributed by atoms with Gasteiger partial charge in [0.05, 0.1) is 17.1 Å². The number of hydrogen-bond donors (Lipinski definition) is 3. The van der Waals surface area contributed by atoms with Crippen LogP contribution >= 0.6 is 0 Å². The van der Waals surface area contributed by atoms with Crippen LogP contribution in [0.15, 0.2) is 60.7 Å². The SMILES string of the molecule is Cc1cc(C)c(N(c2ccccc2Oc2c(C)ccc(C)c2O)c2c(C)cc(C)cc2O)c(O)c1. The monoisotopic (exact) mass is 469 g/mol. The fourth-order valence-corrected chi connectivity index (χ4v) is 4.55. The Bertz CT molecular complexity index is 1320. The summed E-state index contributed by atoms with van der Waals surface area (Å²) in [5, 5.41) is 32.9. The molecule has 3 N–H and O–H groups in total. The average molecular weight is 470 g/mol. The van der Waals surface area contributed by atoms with Gasteiger partial charge in [-0.15, -0.1) is 0 Å². The van der Waals surface area contributed by atoms with E-state index in [0.717, 1.165) is 27.8 Å². The Morgan fingerprint density at radius 2 is 1.11 bits per heavy atom. The standard InChI is InChI=1S/C30H31NO4/c1-17-13-21(5)27(24(32)15-17)31(28-22(6)14-18(2)16-25(28)33)23-9-7-8-10-26(23)35-30-20(4)12-11-19(3)29(30)34/h7-16,32-34H,1-6H3. The zero-order valence-electron chi connectivity index (χ0n) is 21.0. The molecule has 35 heavy (non-hydrogen) atoms. The van der Waals surface area contributed by atoms with E-state index in [1.54, 1.807) is 12.1 Å². The van der Waals surface area contributed by atoms with Crippen LogP contribution in [0.1, 0.15) is 33.4 Å². The molecule has 5 nitrogen and oxygen atoms in total. The molecule has 0 bridgehead atoms.